The third kappa shape index (κ3) is 5.43. The minimum absolute atomic E-state index is 0.234. The first-order valence-electron chi connectivity index (χ1n) is 9.00. The van der Waals surface area contributed by atoms with Gasteiger partial charge in [0.15, 0.2) is 0 Å². The normalized spacial score (nSPS) is 10.4. The molecule has 148 valence electrons. The van der Waals surface area contributed by atoms with E-state index in [1.54, 1.807) is 37.3 Å². The molecular weight excluding hydrogens is 454 g/mol. The molecule has 1 aromatic heterocycles. The number of carbonyl (C=O) groups excluding carboxylic acids is 2. The van der Waals surface area contributed by atoms with Gasteiger partial charge in [-0.2, -0.15) is 0 Å². The Bertz CT molecular complexity index is 1060. The SMILES string of the molecule is Cc1nc(-c2cccc(Br)c2)ccc1C(=O)NCCNC(=O)c1ccccc1Cl. The number of aromatic nitrogens is 1. The maximum Gasteiger partial charge on any atom is 0.253 e. The van der Waals surface area contributed by atoms with Crippen molar-refractivity contribution in [3.05, 3.63) is 87.0 Å². The molecule has 0 radical (unpaired) electrons. The second-order valence-electron chi connectivity index (χ2n) is 6.33. The van der Waals surface area contributed by atoms with Gasteiger partial charge in [-0.15, -0.1) is 0 Å². The van der Waals surface area contributed by atoms with Crippen molar-refractivity contribution in [2.45, 2.75) is 6.92 Å². The highest BCUT2D eigenvalue weighted by atomic mass is 79.9. The quantitative estimate of drug-likeness (QED) is 0.514. The van der Waals surface area contributed by atoms with Crippen LogP contribution in [0.25, 0.3) is 11.3 Å². The Morgan fingerprint density at radius 1 is 0.931 bits per heavy atom. The molecule has 3 aromatic rings. The van der Waals surface area contributed by atoms with Crippen LogP contribution in [0, 0.1) is 6.92 Å². The van der Waals surface area contributed by atoms with E-state index in [2.05, 4.69) is 31.5 Å². The summed E-state index contributed by atoms with van der Waals surface area (Å²) in [4.78, 5) is 29.1. The summed E-state index contributed by atoms with van der Waals surface area (Å²) in [7, 11) is 0. The molecule has 2 amide bonds. The number of benzene rings is 2. The Morgan fingerprint density at radius 2 is 1.62 bits per heavy atom. The number of amides is 2. The average molecular weight is 473 g/mol. The molecule has 3 rings (SSSR count). The minimum atomic E-state index is -0.277. The second kappa shape index (κ2) is 9.67. The number of nitrogens with zero attached hydrogens (tertiary/aromatic N) is 1. The van der Waals surface area contributed by atoms with Gasteiger partial charge < -0.3 is 10.6 Å². The molecule has 5 nitrogen and oxygen atoms in total. The highest BCUT2D eigenvalue weighted by molar-refractivity contribution is 9.10. The number of nitrogens with one attached hydrogen (secondary N) is 2. The summed E-state index contributed by atoms with van der Waals surface area (Å²) in [5.74, 6) is -0.510. The average Bonchev–Trinajstić information content (AvgIpc) is 2.71. The van der Waals surface area contributed by atoms with Crippen molar-refractivity contribution in [1.29, 1.82) is 0 Å². The first kappa shape index (κ1) is 21.0. The fourth-order valence-electron chi connectivity index (χ4n) is 2.80. The number of hydrogen-bond donors (Lipinski definition) is 2. The third-order valence-electron chi connectivity index (χ3n) is 4.27. The number of aryl methyl sites for hydroxylation is 1. The van der Waals surface area contributed by atoms with Gasteiger partial charge in [-0.25, -0.2) is 0 Å². The standard InChI is InChI=1S/C22H19BrClN3O2/c1-14-17(9-10-20(27-14)15-5-4-6-16(23)13-15)21(28)25-11-12-26-22(29)18-7-2-3-8-19(18)24/h2-10,13H,11-12H2,1H3,(H,25,28)(H,26,29). The van der Waals surface area contributed by atoms with Crippen molar-refractivity contribution in [2.24, 2.45) is 0 Å². The van der Waals surface area contributed by atoms with Crippen molar-refractivity contribution in [1.82, 2.24) is 15.6 Å². The predicted octanol–water partition coefficient (Wildman–Crippen LogP) is 4.63. The molecule has 0 aliphatic carbocycles. The maximum atomic E-state index is 12.4. The zero-order valence-corrected chi connectivity index (χ0v) is 18.0. The van der Waals surface area contributed by atoms with Gasteiger partial charge in [0.1, 0.15) is 0 Å². The van der Waals surface area contributed by atoms with Crippen LogP contribution >= 0.6 is 27.5 Å². The van der Waals surface area contributed by atoms with Crippen LogP contribution in [0.4, 0.5) is 0 Å². The Morgan fingerprint density at radius 3 is 2.28 bits per heavy atom. The highest BCUT2D eigenvalue weighted by Gasteiger charge is 2.12. The molecule has 29 heavy (non-hydrogen) atoms. The lowest BCUT2D eigenvalue weighted by atomic mass is 10.1. The Balaban J connectivity index is 1.56. The fourth-order valence-corrected chi connectivity index (χ4v) is 3.42. The molecule has 0 aliphatic heterocycles. The van der Waals surface area contributed by atoms with Gasteiger partial charge in [-0.3, -0.25) is 14.6 Å². The number of carbonyl (C=O) groups is 2. The van der Waals surface area contributed by atoms with E-state index in [9.17, 15) is 9.59 Å². The topological polar surface area (TPSA) is 71.1 Å². The van der Waals surface area contributed by atoms with Crippen LogP contribution in [-0.2, 0) is 0 Å². The van der Waals surface area contributed by atoms with E-state index in [0.29, 0.717) is 34.9 Å². The summed E-state index contributed by atoms with van der Waals surface area (Å²) in [6.07, 6.45) is 0. The minimum Gasteiger partial charge on any atom is -0.350 e. The molecule has 0 saturated heterocycles. The van der Waals surface area contributed by atoms with Gasteiger partial charge in [-0.05, 0) is 43.3 Å². The van der Waals surface area contributed by atoms with Crippen molar-refractivity contribution in [2.75, 3.05) is 13.1 Å². The molecule has 0 atom stereocenters. The Kier molecular flexibility index (Phi) is 7.01. The zero-order valence-electron chi connectivity index (χ0n) is 15.7. The molecule has 0 saturated carbocycles. The van der Waals surface area contributed by atoms with E-state index in [1.165, 1.54) is 0 Å². The monoisotopic (exact) mass is 471 g/mol. The zero-order chi connectivity index (χ0) is 20.8. The van der Waals surface area contributed by atoms with Crippen molar-refractivity contribution in [3.63, 3.8) is 0 Å². The first-order valence-corrected chi connectivity index (χ1v) is 10.2. The number of hydrogen-bond acceptors (Lipinski definition) is 3. The molecule has 0 unspecified atom stereocenters. The van der Waals surface area contributed by atoms with Gasteiger partial charge in [-0.1, -0.05) is 51.8 Å². The van der Waals surface area contributed by atoms with E-state index >= 15 is 0 Å². The van der Waals surface area contributed by atoms with E-state index in [0.717, 1.165) is 15.7 Å². The predicted molar refractivity (Wildman–Crippen MR) is 118 cm³/mol. The largest absolute Gasteiger partial charge is 0.350 e. The van der Waals surface area contributed by atoms with Crippen LogP contribution < -0.4 is 10.6 Å². The first-order chi connectivity index (χ1) is 14.0. The summed E-state index contributed by atoms with van der Waals surface area (Å²) in [6.45, 7) is 2.38. The van der Waals surface area contributed by atoms with Crippen molar-refractivity contribution < 1.29 is 9.59 Å². The lowest BCUT2D eigenvalue weighted by molar-refractivity contribution is 0.0927. The van der Waals surface area contributed by atoms with E-state index < -0.39 is 0 Å². The van der Waals surface area contributed by atoms with Crippen LogP contribution in [-0.4, -0.2) is 29.9 Å². The van der Waals surface area contributed by atoms with Crippen LogP contribution in [0.1, 0.15) is 26.4 Å². The highest BCUT2D eigenvalue weighted by Crippen LogP contribution is 2.22. The molecule has 0 fully saturated rings. The lowest BCUT2D eigenvalue weighted by Crippen LogP contribution is -2.35. The van der Waals surface area contributed by atoms with Gasteiger partial charge in [0, 0.05) is 23.1 Å². The summed E-state index contributed by atoms with van der Waals surface area (Å²) in [6, 6.07) is 18.2. The molecule has 0 bridgehead atoms. The van der Waals surface area contributed by atoms with Gasteiger partial charge in [0.25, 0.3) is 11.8 Å². The van der Waals surface area contributed by atoms with Gasteiger partial charge >= 0.3 is 0 Å². The van der Waals surface area contributed by atoms with Crippen molar-refractivity contribution in [3.8, 4) is 11.3 Å². The van der Waals surface area contributed by atoms with Crippen molar-refractivity contribution >= 4 is 39.3 Å². The molecule has 0 aliphatic rings. The molecule has 2 N–H and O–H groups in total. The lowest BCUT2D eigenvalue weighted by Gasteiger charge is -2.10. The maximum absolute atomic E-state index is 12.4. The molecule has 7 heteroatoms. The molecular formula is C22H19BrClN3O2. The summed E-state index contributed by atoms with van der Waals surface area (Å²) in [5, 5.41) is 5.92. The molecule has 0 spiro atoms. The van der Waals surface area contributed by atoms with Gasteiger partial charge in [0.05, 0.1) is 27.5 Å². The number of rotatable bonds is 6. The van der Waals surface area contributed by atoms with E-state index in [4.69, 9.17) is 11.6 Å². The van der Waals surface area contributed by atoms with Crippen LogP contribution in [0.2, 0.25) is 5.02 Å². The smallest absolute Gasteiger partial charge is 0.253 e. The molecule has 2 aromatic carbocycles. The second-order valence-corrected chi connectivity index (χ2v) is 7.65. The van der Waals surface area contributed by atoms with Crippen LogP contribution in [0.15, 0.2) is 65.1 Å². The Hall–Kier alpha value is -2.70. The molecule has 1 heterocycles. The van der Waals surface area contributed by atoms with Gasteiger partial charge in [0.2, 0.25) is 0 Å². The van der Waals surface area contributed by atoms with Crippen LogP contribution in [0.5, 0.6) is 0 Å². The number of halogens is 2. The third-order valence-corrected chi connectivity index (χ3v) is 5.09. The summed E-state index contributed by atoms with van der Waals surface area (Å²) < 4.78 is 0.968. The van der Waals surface area contributed by atoms with E-state index in [-0.39, 0.29) is 11.8 Å². The summed E-state index contributed by atoms with van der Waals surface area (Å²) in [5.41, 5.74) is 3.31. The summed E-state index contributed by atoms with van der Waals surface area (Å²) >= 11 is 9.46. The van der Waals surface area contributed by atoms with E-state index in [1.807, 2.05) is 30.3 Å². The fraction of sp³-hybridized carbons (Fsp3) is 0.136. The van der Waals surface area contributed by atoms with Crippen LogP contribution in [0.3, 0.4) is 0 Å². The number of pyridine rings is 1. The Labute approximate surface area is 182 Å².